The van der Waals surface area contributed by atoms with E-state index in [0.29, 0.717) is 11.1 Å². The number of aromatic nitrogens is 1. The summed E-state index contributed by atoms with van der Waals surface area (Å²) in [5.74, 6) is -0.150. The predicted molar refractivity (Wildman–Crippen MR) is 47.7 cm³/mol. The molecule has 1 aromatic heterocycles. The molecule has 0 fully saturated rings. The zero-order valence-corrected chi connectivity index (χ0v) is 8.04. The molecule has 0 aromatic carbocycles. The van der Waals surface area contributed by atoms with Gasteiger partial charge in [0.25, 0.3) is 0 Å². The fourth-order valence-corrected chi connectivity index (χ4v) is 1.49. The normalized spacial score (nSPS) is 15.1. The number of aliphatic hydroxyl groups is 1. The maximum atomic E-state index is 12.2. The number of hydrogen-bond donors (Lipinski definition) is 1. The van der Waals surface area contributed by atoms with E-state index in [1.807, 2.05) is 0 Å². The second kappa shape index (κ2) is 5.14. The van der Waals surface area contributed by atoms with Crippen molar-refractivity contribution in [3.8, 4) is 0 Å². The molecule has 0 aliphatic carbocycles. The average Bonchev–Trinajstić information content (AvgIpc) is 2.01. The topological polar surface area (TPSA) is 73.2 Å². The van der Waals surface area contributed by atoms with Gasteiger partial charge in [0, 0.05) is 24.6 Å². The van der Waals surface area contributed by atoms with E-state index in [2.05, 4.69) is 4.98 Å². The first-order valence-electron chi connectivity index (χ1n) is 3.88. The Balaban J connectivity index is 2.73. The summed E-state index contributed by atoms with van der Waals surface area (Å²) in [4.78, 5) is 3.74. The number of aliphatic hydroxyl groups excluding tert-OH is 1. The molecule has 0 aliphatic rings. The molecule has 0 bridgehead atoms. The molecule has 0 spiro atoms. The summed E-state index contributed by atoms with van der Waals surface area (Å²) in [6.07, 6.45) is 0.667. The molecule has 0 saturated heterocycles. The molecular formula is C8H9FNO3S-. The first-order valence-corrected chi connectivity index (χ1v) is 5.13. The van der Waals surface area contributed by atoms with Crippen molar-refractivity contribution in [1.82, 2.24) is 4.98 Å². The minimum Gasteiger partial charge on any atom is -0.772 e. The Morgan fingerprint density at radius 1 is 1.57 bits per heavy atom. The third-order valence-corrected chi connectivity index (χ3v) is 2.11. The van der Waals surface area contributed by atoms with Gasteiger partial charge in [-0.2, -0.15) is 0 Å². The molecule has 2 atom stereocenters. The molecule has 2 unspecified atom stereocenters. The first kappa shape index (κ1) is 11.2. The fourth-order valence-electron chi connectivity index (χ4n) is 1.06. The number of hydrogen-bond acceptors (Lipinski definition) is 4. The fraction of sp³-hybridized carbons (Fsp3) is 0.375. The van der Waals surface area contributed by atoms with E-state index in [4.69, 9.17) is 5.11 Å². The molecule has 1 aromatic rings. The van der Waals surface area contributed by atoms with E-state index < -0.39 is 17.4 Å². The van der Waals surface area contributed by atoms with Crippen molar-refractivity contribution in [2.24, 2.45) is 0 Å². The molecule has 1 N–H and O–H groups in total. The zero-order chi connectivity index (χ0) is 10.6. The Bertz CT molecular complexity index is 332. The van der Waals surface area contributed by atoms with Gasteiger partial charge in [0.2, 0.25) is 0 Å². The van der Waals surface area contributed by atoms with Crippen LogP contribution in [0.2, 0.25) is 0 Å². The van der Waals surface area contributed by atoms with E-state index >= 15 is 0 Å². The van der Waals surface area contributed by atoms with Gasteiger partial charge in [0.05, 0.1) is 0 Å². The van der Waals surface area contributed by atoms with Crippen LogP contribution in [0.25, 0.3) is 0 Å². The Morgan fingerprint density at radius 2 is 2.21 bits per heavy atom. The number of pyridine rings is 1. The van der Waals surface area contributed by atoms with Crippen molar-refractivity contribution < 1.29 is 18.3 Å². The summed E-state index contributed by atoms with van der Waals surface area (Å²) in [5.41, 5.74) is 0.958. The minimum absolute atomic E-state index is 0.150. The zero-order valence-electron chi connectivity index (χ0n) is 7.22. The number of nitrogens with zero attached hydrogens (tertiary/aromatic N) is 1. The van der Waals surface area contributed by atoms with Crippen LogP contribution < -0.4 is 0 Å². The highest BCUT2D eigenvalue weighted by Crippen LogP contribution is 2.07. The lowest BCUT2D eigenvalue weighted by molar-refractivity contribution is 0.0429. The second-order valence-corrected chi connectivity index (χ2v) is 3.68. The van der Waals surface area contributed by atoms with E-state index in [-0.39, 0.29) is 12.2 Å². The predicted octanol–water partition coefficient (Wildman–Crippen LogP) is 0.291. The average molecular weight is 218 g/mol. The Labute approximate surface area is 83.1 Å². The van der Waals surface area contributed by atoms with Gasteiger partial charge < -0.3 is 9.66 Å². The van der Waals surface area contributed by atoms with Crippen molar-refractivity contribution in [1.29, 1.82) is 0 Å². The number of alkyl halides is 1. The van der Waals surface area contributed by atoms with Gasteiger partial charge in [0.1, 0.15) is 0 Å². The SMILES string of the molecule is O=S([O-])Cc1cncc(CC(O)F)c1. The first-order chi connectivity index (χ1) is 6.58. The summed E-state index contributed by atoms with van der Waals surface area (Å²) in [6.45, 7) is 0. The van der Waals surface area contributed by atoms with Crippen LogP contribution >= 0.6 is 0 Å². The summed E-state index contributed by atoms with van der Waals surface area (Å²) in [5, 5.41) is 8.46. The molecule has 0 saturated carbocycles. The quantitative estimate of drug-likeness (QED) is 0.737. The van der Waals surface area contributed by atoms with Crippen LogP contribution in [0.1, 0.15) is 11.1 Å². The van der Waals surface area contributed by atoms with Crippen LogP contribution in [-0.2, 0) is 23.3 Å². The Morgan fingerprint density at radius 3 is 2.79 bits per heavy atom. The monoisotopic (exact) mass is 218 g/mol. The van der Waals surface area contributed by atoms with Crippen LogP contribution in [0.5, 0.6) is 0 Å². The van der Waals surface area contributed by atoms with Crippen LogP contribution in [0.3, 0.4) is 0 Å². The second-order valence-electron chi connectivity index (χ2n) is 2.79. The lowest BCUT2D eigenvalue weighted by Gasteiger charge is -2.06. The molecular weight excluding hydrogens is 209 g/mol. The smallest absolute Gasteiger partial charge is 0.200 e. The summed E-state index contributed by atoms with van der Waals surface area (Å²) in [7, 11) is 0. The van der Waals surface area contributed by atoms with Crippen molar-refractivity contribution >= 4 is 11.1 Å². The van der Waals surface area contributed by atoms with Gasteiger partial charge in [-0.25, -0.2) is 4.39 Å². The van der Waals surface area contributed by atoms with Gasteiger partial charge in [-0.1, -0.05) is 17.1 Å². The van der Waals surface area contributed by atoms with Crippen LogP contribution in [0.4, 0.5) is 4.39 Å². The van der Waals surface area contributed by atoms with Gasteiger partial charge in [0.15, 0.2) is 6.36 Å². The summed E-state index contributed by atoms with van der Waals surface area (Å²) >= 11 is -2.18. The highest BCUT2D eigenvalue weighted by Gasteiger charge is 2.03. The van der Waals surface area contributed by atoms with Crippen molar-refractivity contribution in [2.75, 3.05) is 0 Å². The summed E-state index contributed by atoms with van der Waals surface area (Å²) < 4.78 is 32.9. The molecule has 78 valence electrons. The van der Waals surface area contributed by atoms with E-state index in [0.717, 1.165) is 0 Å². The van der Waals surface area contributed by atoms with Gasteiger partial charge in [-0.05, 0) is 11.1 Å². The lowest BCUT2D eigenvalue weighted by atomic mass is 10.2. The summed E-state index contributed by atoms with van der Waals surface area (Å²) in [6, 6.07) is 1.51. The van der Waals surface area contributed by atoms with Crippen LogP contribution in [0, 0.1) is 0 Å². The molecule has 0 radical (unpaired) electrons. The van der Waals surface area contributed by atoms with Crippen molar-refractivity contribution in [2.45, 2.75) is 18.5 Å². The van der Waals surface area contributed by atoms with Crippen LogP contribution in [0.15, 0.2) is 18.5 Å². The lowest BCUT2D eigenvalue weighted by Crippen LogP contribution is -2.04. The van der Waals surface area contributed by atoms with Crippen molar-refractivity contribution in [3.63, 3.8) is 0 Å². The van der Waals surface area contributed by atoms with Gasteiger partial charge >= 0.3 is 0 Å². The molecule has 0 aliphatic heterocycles. The molecule has 6 heteroatoms. The number of rotatable bonds is 4. The van der Waals surface area contributed by atoms with Gasteiger partial charge in [-0.3, -0.25) is 9.19 Å². The highest BCUT2D eigenvalue weighted by atomic mass is 32.2. The Hall–Kier alpha value is -0.850. The largest absolute Gasteiger partial charge is 0.772 e. The third-order valence-electron chi connectivity index (χ3n) is 1.54. The molecule has 1 rings (SSSR count). The number of halogens is 1. The van der Waals surface area contributed by atoms with E-state index in [1.54, 1.807) is 0 Å². The van der Waals surface area contributed by atoms with Gasteiger partial charge in [-0.15, -0.1) is 0 Å². The van der Waals surface area contributed by atoms with Crippen molar-refractivity contribution in [3.05, 3.63) is 29.6 Å². The third kappa shape index (κ3) is 3.91. The maximum absolute atomic E-state index is 12.2. The highest BCUT2D eigenvalue weighted by molar-refractivity contribution is 7.78. The van der Waals surface area contributed by atoms with E-state index in [1.165, 1.54) is 18.5 Å². The van der Waals surface area contributed by atoms with Crippen LogP contribution in [-0.4, -0.2) is 25.2 Å². The van der Waals surface area contributed by atoms with E-state index in [9.17, 15) is 13.2 Å². The molecule has 14 heavy (non-hydrogen) atoms. The standard InChI is InChI=1S/C8H10FNO3S/c9-8(11)2-6-1-7(4-10-3-6)5-14(12)13/h1,3-4,8,11H,2,5H2,(H,12,13)/p-1. The molecule has 1 heterocycles. The minimum atomic E-state index is -2.18. The Kier molecular flexibility index (Phi) is 4.12. The molecule has 4 nitrogen and oxygen atoms in total. The molecule has 0 amide bonds. The maximum Gasteiger partial charge on any atom is 0.200 e.